The number of halogens is 4. The van der Waals surface area contributed by atoms with Crippen LogP contribution in [0.25, 0.3) is 66.3 Å². The predicted octanol–water partition coefficient (Wildman–Crippen LogP) is 16.4. The third kappa shape index (κ3) is 6.99. The van der Waals surface area contributed by atoms with Crippen LogP contribution in [0.3, 0.4) is 0 Å². The summed E-state index contributed by atoms with van der Waals surface area (Å²) in [6.07, 6.45) is 8.55. The van der Waals surface area contributed by atoms with Gasteiger partial charge in [-0.1, -0.05) is 148 Å². The Morgan fingerprint density at radius 1 is 0.352 bits per heavy atom. The number of aryl methyl sites for hydroxylation is 3. The maximum atomic E-state index is 6.63. The Bertz CT molecular complexity index is 2440. The standard InChI is InChI=1S/C49H47Cl4N/c1-6-10-38-39(11-7-2)41(13-9-4)48-46(40(38)12-8-3)47-44(32-18-26-36(52)27-19-32)42(30-14-22-34(50)23-15-30)43(31-16-24-35(51)25-17-31)45(49(47)54(48)5)33-20-28-37(53)29-21-33/h14-29H,6-13H2,1-5H3. The molecule has 0 N–H and O–H groups in total. The lowest BCUT2D eigenvalue weighted by Crippen LogP contribution is -2.08. The molecule has 0 spiro atoms. The molecule has 1 heterocycles. The zero-order valence-corrected chi connectivity index (χ0v) is 34.9. The van der Waals surface area contributed by atoms with Crippen molar-refractivity contribution in [3.8, 4) is 44.5 Å². The van der Waals surface area contributed by atoms with E-state index >= 15 is 0 Å². The molecule has 1 nitrogen and oxygen atoms in total. The largest absolute Gasteiger partial charge is 0.343 e. The number of nitrogens with zero attached hydrogens (tertiary/aromatic N) is 1. The average Bonchev–Trinajstić information content (AvgIpc) is 3.47. The van der Waals surface area contributed by atoms with Crippen LogP contribution in [0.2, 0.25) is 20.1 Å². The van der Waals surface area contributed by atoms with E-state index in [0.717, 1.165) is 84.7 Å². The Hall–Kier alpha value is -3.72. The van der Waals surface area contributed by atoms with E-state index in [1.165, 1.54) is 44.1 Å². The van der Waals surface area contributed by atoms with Gasteiger partial charge in [-0.15, -0.1) is 0 Å². The predicted molar refractivity (Wildman–Crippen MR) is 238 cm³/mol. The van der Waals surface area contributed by atoms with Crippen molar-refractivity contribution < 1.29 is 0 Å². The van der Waals surface area contributed by atoms with Gasteiger partial charge in [-0.05, 0) is 124 Å². The minimum Gasteiger partial charge on any atom is -0.343 e. The minimum atomic E-state index is 0.698. The normalized spacial score (nSPS) is 11.6. The molecular weight excluding hydrogens is 744 g/mol. The summed E-state index contributed by atoms with van der Waals surface area (Å²) in [5.41, 5.74) is 17.8. The first kappa shape index (κ1) is 38.6. The van der Waals surface area contributed by atoms with Crippen molar-refractivity contribution in [2.45, 2.75) is 79.1 Å². The topological polar surface area (TPSA) is 4.93 Å². The molecule has 276 valence electrons. The SMILES string of the molecule is CCCc1c(CCC)c(CCC)c2c(c1CCC)c1c(-c3ccc(Cl)cc3)c(-c3ccc(Cl)cc3)c(-c3ccc(Cl)cc3)c(-c3ccc(Cl)cc3)c1n2C. The van der Waals surface area contributed by atoms with E-state index in [2.05, 4.69) is 87.8 Å². The van der Waals surface area contributed by atoms with E-state index in [1.54, 1.807) is 11.1 Å². The van der Waals surface area contributed by atoms with Gasteiger partial charge in [0, 0.05) is 54.6 Å². The molecule has 0 aliphatic heterocycles. The molecule has 0 unspecified atom stereocenters. The van der Waals surface area contributed by atoms with Crippen LogP contribution in [0.1, 0.15) is 75.6 Å². The Labute approximate surface area is 340 Å². The van der Waals surface area contributed by atoms with Crippen LogP contribution >= 0.6 is 46.4 Å². The zero-order valence-electron chi connectivity index (χ0n) is 31.9. The van der Waals surface area contributed by atoms with Crippen LogP contribution in [0.4, 0.5) is 0 Å². The van der Waals surface area contributed by atoms with Crippen molar-refractivity contribution in [3.05, 3.63) is 139 Å². The molecule has 0 aliphatic carbocycles. The number of hydrogen-bond donors (Lipinski definition) is 0. The van der Waals surface area contributed by atoms with Crippen molar-refractivity contribution in [2.75, 3.05) is 0 Å². The van der Waals surface area contributed by atoms with Gasteiger partial charge in [0.2, 0.25) is 0 Å². The molecule has 0 amide bonds. The molecule has 0 aliphatic rings. The van der Waals surface area contributed by atoms with E-state index in [0.29, 0.717) is 20.1 Å². The molecular formula is C49H47Cl4N. The van der Waals surface area contributed by atoms with Gasteiger partial charge in [-0.25, -0.2) is 0 Å². The van der Waals surface area contributed by atoms with E-state index in [1.807, 2.05) is 48.5 Å². The van der Waals surface area contributed by atoms with Crippen molar-refractivity contribution in [1.82, 2.24) is 4.57 Å². The summed E-state index contributed by atoms with van der Waals surface area (Å²) in [6, 6.07) is 33.4. The second-order valence-corrected chi connectivity index (χ2v) is 16.2. The summed E-state index contributed by atoms with van der Waals surface area (Å²) in [7, 11) is 2.30. The first-order chi connectivity index (χ1) is 26.2. The molecule has 7 aromatic rings. The van der Waals surface area contributed by atoms with Gasteiger partial charge in [0.1, 0.15) is 0 Å². The smallest absolute Gasteiger partial charge is 0.0581 e. The summed E-state index contributed by atoms with van der Waals surface area (Å²) in [5.74, 6) is 0. The van der Waals surface area contributed by atoms with Crippen LogP contribution in [-0.2, 0) is 32.7 Å². The third-order valence-corrected chi connectivity index (χ3v) is 11.9. The van der Waals surface area contributed by atoms with Gasteiger partial charge in [0.05, 0.1) is 11.0 Å². The van der Waals surface area contributed by atoms with Crippen LogP contribution < -0.4 is 0 Å². The molecule has 54 heavy (non-hydrogen) atoms. The summed E-state index contributed by atoms with van der Waals surface area (Å²) in [5, 5.41) is 5.49. The van der Waals surface area contributed by atoms with Crippen molar-refractivity contribution in [1.29, 1.82) is 0 Å². The molecule has 0 atom stereocenters. The van der Waals surface area contributed by atoms with Gasteiger partial charge < -0.3 is 4.57 Å². The molecule has 0 radical (unpaired) electrons. The van der Waals surface area contributed by atoms with Gasteiger partial charge in [-0.2, -0.15) is 0 Å². The fourth-order valence-electron chi connectivity index (χ4n) is 8.78. The number of rotatable bonds is 12. The lowest BCUT2D eigenvalue weighted by Gasteiger charge is -2.24. The molecule has 0 fully saturated rings. The molecule has 7 rings (SSSR count). The van der Waals surface area contributed by atoms with Crippen LogP contribution in [-0.4, -0.2) is 4.57 Å². The van der Waals surface area contributed by atoms with E-state index in [-0.39, 0.29) is 0 Å². The van der Waals surface area contributed by atoms with E-state index in [4.69, 9.17) is 46.4 Å². The summed E-state index contributed by atoms with van der Waals surface area (Å²) in [4.78, 5) is 0. The number of fused-ring (bicyclic) bond motifs is 3. The van der Waals surface area contributed by atoms with Crippen molar-refractivity contribution >= 4 is 68.2 Å². The Morgan fingerprint density at radius 3 is 1.07 bits per heavy atom. The second kappa shape index (κ2) is 16.6. The highest BCUT2D eigenvalue weighted by molar-refractivity contribution is 6.32. The summed E-state index contributed by atoms with van der Waals surface area (Å²) < 4.78 is 2.54. The lowest BCUT2D eigenvalue weighted by molar-refractivity contribution is 0.806. The zero-order chi connectivity index (χ0) is 38.1. The summed E-state index contributed by atoms with van der Waals surface area (Å²) >= 11 is 26.4. The van der Waals surface area contributed by atoms with Gasteiger partial charge in [0.15, 0.2) is 0 Å². The maximum Gasteiger partial charge on any atom is 0.0581 e. The molecule has 0 saturated carbocycles. The quantitative estimate of drug-likeness (QED) is 0.116. The molecule has 5 heteroatoms. The fourth-order valence-corrected chi connectivity index (χ4v) is 9.28. The molecule has 1 aromatic heterocycles. The Kier molecular flexibility index (Phi) is 11.8. The number of benzene rings is 6. The summed E-state index contributed by atoms with van der Waals surface area (Å²) in [6.45, 7) is 9.29. The van der Waals surface area contributed by atoms with Gasteiger partial charge >= 0.3 is 0 Å². The van der Waals surface area contributed by atoms with Crippen LogP contribution in [0, 0.1) is 0 Å². The van der Waals surface area contributed by atoms with E-state index < -0.39 is 0 Å². The highest BCUT2D eigenvalue weighted by atomic mass is 35.5. The molecule has 0 saturated heterocycles. The van der Waals surface area contributed by atoms with E-state index in [9.17, 15) is 0 Å². The minimum absolute atomic E-state index is 0.698. The highest BCUT2D eigenvalue weighted by Gasteiger charge is 2.31. The fraction of sp³-hybridized carbons (Fsp3) is 0.265. The molecule has 6 aromatic carbocycles. The van der Waals surface area contributed by atoms with Crippen molar-refractivity contribution in [3.63, 3.8) is 0 Å². The van der Waals surface area contributed by atoms with Crippen molar-refractivity contribution in [2.24, 2.45) is 7.05 Å². The second-order valence-electron chi connectivity index (χ2n) is 14.4. The Morgan fingerprint density at radius 2 is 0.667 bits per heavy atom. The monoisotopic (exact) mass is 789 g/mol. The van der Waals surface area contributed by atoms with Gasteiger partial charge in [0.25, 0.3) is 0 Å². The first-order valence-electron chi connectivity index (χ1n) is 19.4. The number of hydrogen-bond acceptors (Lipinski definition) is 0. The van der Waals surface area contributed by atoms with Crippen LogP contribution in [0.15, 0.2) is 97.1 Å². The maximum absolute atomic E-state index is 6.63. The number of aromatic nitrogens is 1. The molecule has 0 bridgehead atoms. The third-order valence-electron chi connectivity index (χ3n) is 10.8. The Balaban J connectivity index is 1.89. The first-order valence-corrected chi connectivity index (χ1v) is 20.9. The van der Waals surface area contributed by atoms with Crippen LogP contribution in [0.5, 0.6) is 0 Å². The van der Waals surface area contributed by atoms with Gasteiger partial charge in [-0.3, -0.25) is 0 Å². The highest BCUT2D eigenvalue weighted by Crippen LogP contribution is 2.55. The average molecular weight is 792 g/mol. The lowest BCUT2D eigenvalue weighted by atomic mass is 9.78.